The number of carbonyl (C=O) groups excluding carboxylic acids is 1. The first-order chi connectivity index (χ1) is 9.60. The molecule has 3 nitrogen and oxygen atoms in total. The minimum Gasteiger partial charge on any atom is -0.380 e. The van der Waals surface area contributed by atoms with E-state index in [0.717, 1.165) is 5.56 Å². The summed E-state index contributed by atoms with van der Waals surface area (Å²) in [7, 11) is 1.59. The molecule has 0 heterocycles. The molecule has 104 valence electrons. The van der Waals surface area contributed by atoms with E-state index < -0.39 is 11.7 Å². The molecule has 0 radical (unpaired) electrons. The van der Waals surface area contributed by atoms with Crippen molar-refractivity contribution in [2.75, 3.05) is 12.4 Å². The maximum Gasteiger partial charge on any atom is 0.258 e. The third-order valence-electron chi connectivity index (χ3n) is 2.67. The van der Waals surface area contributed by atoms with Crippen LogP contribution in [-0.4, -0.2) is 13.0 Å². The summed E-state index contributed by atoms with van der Waals surface area (Å²) in [5.41, 5.74) is 1.40. The lowest BCUT2D eigenvalue weighted by Gasteiger charge is -2.08. The number of methoxy groups -OCH3 is 1. The molecule has 0 spiro atoms. The molecule has 0 unspecified atom stereocenters. The molecule has 0 fully saturated rings. The van der Waals surface area contributed by atoms with Crippen LogP contribution in [0, 0.1) is 5.82 Å². The van der Waals surface area contributed by atoms with Crippen LogP contribution in [0.25, 0.3) is 0 Å². The van der Waals surface area contributed by atoms with Gasteiger partial charge in [0.2, 0.25) is 0 Å². The van der Waals surface area contributed by atoms with E-state index in [2.05, 4.69) is 5.32 Å². The van der Waals surface area contributed by atoms with E-state index in [4.69, 9.17) is 16.3 Å². The van der Waals surface area contributed by atoms with E-state index in [1.165, 1.54) is 18.2 Å². The topological polar surface area (TPSA) is 38.3 Å². The summed E-state index contributed by atoms with van der Waals surface area (Å²) < 4.78 is 18.6. The van der Waals surface area contributed by atoms with E-state index in [1.54, 1.807) is 25.3 Å². The fraction of sp³-hybridized carbons (Fsp3) is 0.133. The van der Waals surface area contributed by atoms with Crippen LogP contribution in [0.1, 0.15) is 15.9 Å². The van der Waals surface area contributed by atoms with Crippen molar-refractivity contribution in [3.63, 3.8) is 0 Å². The van der Waals surface area contributed by atoms with Gasteiger partial charge in [0.05, 0.1) is 12.2 Å². The van der Waals surface area contributed by atoms with Crippen molar-refractivity contribution in [2.45, 2.75) is 6.61 Å². The van der Waals surface area contributed by atoms with Crippen molar-refractivity contribution < 1.29 is 13.9 Å². The Kier molecular flexibility index (Phi) is 4.71. The van der Waals surface area contributed by atoms with Gasteiger partial charge in [-0.15, -0.1) is 0 Å². The predicted molar refractivity (Wildman–Crippen MR) is 76.5 cm³/mol. The van der Waals surface area contributed by atoms with E-state index in [0.29, 0.717) is 17.3 Å². The molecule has 2 aromatic carbocycles. The minimum atomic E-state index is -0.611. The first-order valence-electron chi connectivity index (χ1n) is 5.94. The summed E-state index contributed by atoms with van der Waals surface area (Å²) in [6, 6.07) is 11.0. The number of anilines is 1. The molecule has 0 bridgehead atoms. The van der Waals surface area contributed by atoms with Gasteiger partial charge in [0.25, 0.3) is 5.91 Å². The predicted octanol–water partition coefficient (Wildman–Crippen LogP) is 3.88. The van der Waals surface area contributed by atoms with Crippen LogP contribution in [0.15, 0.2) is 42.5 Å². The highest BCUT2D eigenvalue weighted by Gasteiger charge is 2.12. The van der Waals surface area contributed by atoms with Gasteiger partial charge in [-0.3, -0.25) is 4.79 Å². The monoisotopic (exact) mass is 293 g/mol. The number of carbonyl (C=O) groups is 1. The molecule has 20 heavy (non-hydrogen) atoms. The Labute approximate surface area is 121 Å². The molecule has 0 atom stereocenters. The molecular weight excluding hydrogens is 281 g/mol. The second-order valence-electron chi connectivity index (χ2n) is 4.21. The largest absolute Gasteiger partial charge is 0.380 e. The summed E-state index contributed by atoms with van der Waals surface area (Å²) in [6.07, 6.45) is 0. The average molecular weight is 294 g/mol. The number of benzene rings is 2. The SMILES string of the molecule is COCc1cccc(NC(=O)c2cc(Cl)ccc2F)c1. The summed E-state index contributed by atoms with van der Waals surface area (Å²) in [6.45, 7) is 0.440. The first kappa shape index (κ1) is 14.5. The molecule has 0 aliphatic rings. The van der Waals surface area contributed by atoms with Gasteiger partial charge in [0.15, 0.2) is 0 Å². The van der Waals surface area contributed by atoms with Crippen molar-refractivity contribution >= 4 is 23.2 Å². The highest BCUT2D eigenvalue weighted by molar-refractivity contribution is 6.31. The molecule has 1 amide bonds. The smallest absolute Gasteiger partial charge is 0.258 e. The normalized spacial score (nSPS) is 10.3. The Balaban J connectivity index is 2.19. The van der Waals surface area contributed by atoms with Crippen LogP contribution in [0.5, 0.6) is 0 Å². The van der Waals surface area contributed by atoms with Crippen molar-refractivity contribution in [2.24, 2.45) is 0 Å². The number of nitrogens with one attached hydrogen (secondary N) is 1. The summed E-state index contributed by atoms with van der Waals surface area (Å²) in [5, 5.41) is 2.94. The Bertz CT molecular complexity index is 631. The zero-order valence-electron chi connectivity index (χ0n) is 10.8. The molecular formula is C15H13ClFNO2. The molecule has 0 saturated heterocycles. The van der Waals surface area contributed by atoms with E-state index in [9.17, 15) is 9.18 Å². The fourth-order valence-corrected chi connectivity index (χ4v) is 1.95. The number of ether oxygens (including phenoxy) is 1. The Hall–Kier alpha value is -1.91. The molecule has 2 rings (SSSR count). The van der Waals surface area contributed by atoms with Crippen LogP contribution in [0.2, 0.25) is 5.02 Å². The van der Waals surface area contributed by atoms with Crippen LogP contribution in [0.3, 0.4) is 0 Å². The lowest BCUT2D eigenvalue weighted by atomic mass is 10.1. The summed E-state index contributed by atoms with van der Waals surface area (Å²) >= 11 is 5.77. The second kappa shape index (κ2) is 6.50. The molecule has 1 N–H and O–H groups in total. The van der Waals surface area contributed by atoms with E-state index in [1.807, 2.05) is 6.07 Å². The van der Waals surface area contributed by atoms with Gasteiger partial charge in [-0.1, -0.05) is 23.7 Å². The summed E-state index contributed by atoms with van der Waals surface area (Å²) in [4.78, 5) is 12.0. The average Bonchev–Trinajstić information content (AvgIpc) is 2.42. The first-order valence-corrected chi connectivity index (χ1v) is 6.32. The van der Waals surface area contributed by atoms with Crippen molar-refractivity contribution in [3.8, 4) is 0 Å². The molecule has 0 aromatic heterocycles. The number of rotatable bonds is 4. The molecule has 5 heteroatoms. The molecule has 0 aliphatic heterocycles. The van der Waals surface area contributed by atoms with Gasteiger partial charge < -0.3 is 10.1 Å². The molecule has 0 aliphatic carbocycles. The Morgan fingerprint density at radius 2 is 2.10 bits per heavy atom. The maximum atomic E-state index is 13.6. The fourth-order valence-electron chi connectivity index (χ4n) is 1.78. The lowest BCUT2D eigenvalue weighted by molar-refractivity contribution is 0.102. The Morgan fingerprint density at radius 1 is 1.30 bits per heavy atom. The van der Waals surface area contributed by atoms with Crippen LogP contribution >= 0.6 is 11.6 Å². The molecule has 2 aromatic rings. The number of amides is 1. The highest BCUT2D eigenvalue weighted by atomic mass is 35.5. The van der Waals surface area contributed by atoms with Gasteiger partial charge in [-0.25, -0.2) is 4.39 Å². The minimum absolute atomic E-state index is 0.0883. The van der Waals surface area contributed by atoms with Gasteiger partial charge in [-0.2, -0.15) is 0 Å². The van der Waals surface area contributed by atoms with Crippen molar-refractivity contribution in [1.82, 2.24) is 0 Å². The zero-order chi connectivity index (χ0) is 14.5. The number of halogens is 2. The number of hydrogen-bond acceptors (Lipinski definition) is 2. The third kappa shape index (κ3) is 3.56. The quantitative estimate of drug-likeness (QED) is 0.929. The second-order valence-corrected chi connectivity index (χ2v) is 4.65. The van der Waals surface area contributed by atoms with Gasteiger partial charge in [0, 0.05) is 17.8 Å². The van der Waals surface area contributed by atoms with Gasteiger partial charge in [-0.05, 0) is 35.9 Å². The van der Waals surface area contributed by atoms with Crippen LogP contribution in [-0.2, 0) is 11.3 Å². The third-order valence-corrected chi connectivity index (χ3v) is 2.90. The van der Waals surface area contributed by atoms with Crippen LogP contribution < -0.4 is 5.32 Å². The number of hydrogen-bond donors (Lipinski definition) is 1. The molecule has 0 saturated carbocycles. The standard InChI is InChI=1S/C15H13ClFNO2/c1-20-9-10-3-2-4-12(7-10)18-15(19)13-8-11(16)5-6-14(13)17/h2-8H,9H2,1H3,(H,18,19). The van der Waals surface area contributed by atoms with Gasteiger partial charge >= 0.3 is 0 Å². The van der Waals surface area contributed by atoms with Crippen molar-refractivity contribution in [3.05, 3.63) is 64.4 Å². The highest BCUT2D eigenvalue weighted by Crippen LogP contribution is 2.17. The maximum absolute atomic E-state index is 13.6. The van der Waals surface area contributed by atoms with E-state index in [-0.39, 0.29) is 5.56 Å². The van der Waals surface area contributed by atoms with Gasteiger partial charge in [0.1, 0.15) is 5.82 Å². The Morgan fingerprint density at radius 3 is 2.85 bits per heavy atom. The lowest BCUT2D eigenvalue weighted by Crippen LogP contribution is -2.13. The van der Waals surface area contributed by atoms with Crippen LogP contribution in [0.4, 0.5) is 10.1 Å². The van der Waals surface area contributed by atoms with E-state index >= 15 is 0 Å². The summed E-state index contributed by atoms with van der Waals surface area (Å²) in [5.74, 6) is -1.15. The zero-order valence-corrected chi connectivity index (χ0v) is 11.6. The van der Waals surface area contributed by atoms with Crippen molar-refractivity contribution in [1.29, 1.82) is 0 Å².